The van der Waals surface area contributed by atoms with E-state index >= 15 is 0 Å². The first-order valence-electron chi connectivity index (χ1n) is 5.44. The summed E-state index contributed by atoms with van der Waals surface area (Å²) in [6.45, 7) is 7.37. The van der Waals surface area contributed by atoms with Gasteiger partial charge >= 0.3 is 0 Å². The Morgan fingerprint density at radius 3 is 2.67 bits per heavy atom. The van der Waals surface area contributed by atoms with Crippen molar-refractivity contribution in [1.29, 1.82) is 0 Å². The maximum absolute atomic E-state index is 3.50. The molecule has 2 rings (SSSR count). The molecular formula is C11H21N. The van der Waals surface area contributed by atoms with Crippen LogP contribution in [0.4, 0.5) is 0 Å². The third-order valence-electron chi connectivity index (χ3n) is 4.19. The van der Waals surface area contributed by atoms with E-state index < -0.39 is 0 Å². The van der Waals surface area contributed by atoms with Crippen molar-refractivity contribution in [2.24, 2.45) is 17.3 Å². The highest BCUT2D eigenvalue weighted by molar-refractivity contribution is 4.94. The smallest absolute Gasteiger partial charge is 0.00178 e. The summed E-state index contributed by atoms with van der Waals surface area (Å²) in [5.74, 6) is 1.90. The fourth-order valence-electron chi connectivity index (χ4n) is 3.23. The zero-order valence-electron chi connectivity index (χ0n) is 8.40. The maximum atomic E-state index is 3.50. The Kier molecular flexibility index (Phi) is 2.16. The Morgan fingerprint density at radius 2 is 2.08 bits per heavy atom. The van der Waals surface area contributed by atoms with Crippen molar-refractivity contribution in [1.82, 2.24) is 5.32 Å². The molecule has 1 saturated carbocycles. The van der Waals surface area contributed by atoms with Crippen LogP contribution < -0.4 is 5.32 Å². The van der Waals surface area contributed by atoms with Crippen LogP contribution in [0.15, 0.2) is 0 Å². The lowest BCUT2D eigenvalue weighted by Gasteiger charge is -2.40. The first-order chi connectivity index (χ1) is 5.73. The van der Waals surface area contributed by atoms with Crippen LogP contribution in [0.1, 0.15) is 39.5 Å². The molecule has 1 nitrogen and oxygen atoms in total. The number of hydrogen-bond donors (Lipinski definition) is 1. The molecule has 1 heteroatoms. The summed E-state index contributed by atoms with van der Waals surface area (Å²) in [6.07, 6.45) is 5.90. The first-order valence-corrected chi connectivity index (χ1v) is 5.44. The fourth-order valence-corrected chi connectivity index (χ4v) is 3.23. The molecule has 1 saturated heterocycles. The molecule has 3 atom stereocenters. The number of nitrogens with one attached hydrogen (secondary N) is 1. The third-order valence-corrected chi connectivity index (χ3v) is 4.19. The van der Waals surface area contributed by atoms with E-state index in [1.54, 1.807) is 0 Å². The molecule has 0 aromatic carbocycles. The van der Waals surface area contributed by atoms with E-state index in [2.05, 4.69) is 19.2 Å². The van der Waals surface area contributed by atoms with Crippen LogP contribution in [0.2, 0.25) is 0 Å². The highest BCUT2D eigenvalue weighted by Gasteiger charge is 2.42. The van der Waals surface area contributed by atoms with Gasteiger partial charge in [0.25, 0.3) is 0 Å². The van der Waals surface area contributed by atoms with Crippen molar-refractivity contribution in [2.45, 2.75) is 39.5 Å². The monoisotopic (exact) mass is 167 g/mol. The number of rotatable bonds is 0. The van der Waals surface area contributed by atoms with Crippen LogP contribution in [0.5, 0.6) is 0 Å². The molecule has 12 heavy (non-hydrogen) atoms. The lowest BCUT2D eigenvalue weighted by molar-refractivity contribution is 0.124. The molecule has 0 amide bonds. The van der Waals surface area contributed by atoms with Crippen molar-refractivity contribution in [2.75, 3.05) is 13.1 Å². The van der Waals surface area contributed by atoms with Gasteiger partial charge in [-0.15, -0.1) is 0 Å². The summed E-state index contributed by atoms with van der Waals surface area (Å²) in [5.41, 5.74) is 0.741. The Morgan fingerprint density at radius 1 is 1.25 bits per heavy atom. The molecule has 1 heterocycles. The molecule has 1 spiro atoms. The quantitative estimate of drug-likeness (QED) is 0.584. The van der Waals surface area contributed by atoms with Gasteiger partial charge in [0.2, 0.25) is 0 Å². The van der Waals surface area contributed by atoms with E-state index in [-0.39, 0.29) is 0 Å². The van der Waals surface area contributed by atoms with Crippen molar-refractivity contribution in [3.8, 4) is 0 Å². The second-order valence-corrected chi connectivity index (χ2v) is 5.07. The first kappa shape index (κ1) is 8.55. The van der Waals surface area contributed by atoms with Crippen molar-refractivity contribution in [3.05, 3.63) is 0 Å². The van der Waals surface area contributed by atoms with Crippen LogP contribution in [-0.2, 0) is 0 Å². The van der Waals surface area contributed by atoms with Crippen LogP contribution in [0.3, 0.4) is 0 Å². The molecule has 1 aliphatic heterocycles. The van der Waals surface area contributed by atoms with E-state index in [4.69, 9.17) is 0 Å². The van der Waals surface area contributed by atoms with Gasteiger partial charge in [0.1, 0.15) is 0 Å². The molecule has 0 aromatic rings. The molecule has 1 N–H and O–H groups in total. The highest BCUT2D eigenvalue weighted by Crippen LogP contribution is 2.50. The van der Waals surface area contributed by atoms with Gasteiger partial charge < -0.3 is 5.32 Å². The van der Waals surface area contributed by atoms with Crippen LogP contribution in [0.25, 0.3) is 0 Å². The molecule has 2 fully saturated rings. The van der Waals surface area contributed by atoms with Crippen molar-refractivity contribution >= 4 is 0 Å². The van der Waals surface area contributed by atoms with Crippen LogP contribution in [0, 0.1) is 17.3 Å². The number of hydrogen-bond acceptors (Lipinski definition) is 1. The van der Waals surface area contributed by atoms with Gasteiger partial charge in [0, 0.05) is 0 Å². The summed E-state index contributed by atoms with van der Waals surface area (Å²) in [4.78, 5) is 0. The minimum Gasteiger partial charge on any atom is -0.316 e. The van der Waals surface area contributed by atoms with Gasteiger partial charge in [-0.1, -0.05) is 20.3 Å². The molecule has 0 radical (unpaired) electrons. The van der Waals surface area contributed by atoms with Crippen molar-refractivity contribution < 1.29 is 0 Å². The van der Waals surface area contributed by atoms with Gasteiger partial charge in [-0.25, -0.2) is 0 Å². The molecule has 70 valence electrons. The summed E-state index contributed by atoms with van der Waals surface area (Å²) >= 11 is 0. The molecule has 0 bridgehead atoms. The van der Waals surface area contributed by atoms with Crippen molar-refractivity contribution in [3.63, 3.8) is 0 Å². The molecule has 2 aliphatic rings. The normalized spacial score (nSPS) is 48.5. The van der Waals surface area contributed by atoms with E-state index in [1.807, 2.05) is 0 Å². The average Bonchev–Trinajstić information content (AvgIpc) is 2.41. The molecule has 1 aliphatic carbocycles. The largest absolute Gasteiger partial charge is 0.316 e. The zero-order chi connectivity index (χ0) is 8.60. The maximum Gasteiger partial charge on any atom is -0.00178 e. The average molecular weight is 167 g/mol. The second-order valence-electron chi connectivity index (χ2n) is 5.07. The van der Waals surface area contributed by atoms with E-state index in [0.29, 0.717) is 0 Å². The van der Waals surface area contributed by atoms with E-state index in [1.165, 1.54) is 38.8 Å². The standard InChI is InChI=1S/C11H21N/c1-9-3-4-11(7-9)5-6-12-8-10(11)2/h9-10,12H,3-8H2,1-2H3. The van der Waals surface area contributed by atoms with Crippen LogP contribution in [-0.4, -0.2) is 13.1 Å². The fraction of sp³-hybridized carbons (Fsp3) is 1.00. The van der Waals surface area contributed by atoms with E-state index in [9.17, 15) is 0 Å². The Bertz CT molecular complexity index is 162. The van der Waals surface area contributed by atoms with E-state index in [0.717, 1.165) is 17.3 Å². The second kappa shape index (κ2) is 3.02. The van der Waals surface area contributed by atoms with Crippen LogP contribution >= 0.6 is 0 Å². The predicted molar refractivity (Wildman–Crippen MR) is 52.1 cm³/mol. The molecule has 0 aromatic heterocycles. The number of piperidine rings is 1. The summed E-state index contributed by atoms with van der Waals surface area (Å²) in [7, 11) is 0. The van der Waals surface area contributed by atoms with Gasteiger partial charge in [-0.05, 0) is 49.6 Å². The Labute approximate surface area is 75.9 Å². The minimum absolute atomic E-state index is 0.741. The zero-order valence-corrected chi connectivity index (χ0v) is 8.40. The Balaban J connectivity index is 2.07. The summed E-state index contributed by atoms with van der Waals surface area (Å²) in [5, 5.41) is 3.50. The molecular weight excluding hydrogens is 146 g/mol. The van der Waals surface area contributed by atoms with Gasteiger partial charge in [-0.2, -0.15) is 0 Å². The minimum atomic E-state index is 0.741. The topological polar surface area (TPSA) is 12.0 Å². The van der Waals surface area contributed by atoms with Gasteiger partial charge in [0.05, 0.1) is 0 Å². The molecule has 3 unspecified atom stereocenters. The summed E-state index contributed by atoms with van der Waals surface area (Å²) < 4.78 is 0. The van der Waals surface area contributed by atoms with Gasteiger partial charge in [-0.3, -0.25) is 0 Å². The Hall–Kier alpha value is -0.0400. The van der Waals surface area contributed by atoms with Gasteiger partial charge in [0.15, 0.2) is 0 Å². The third kappa shape index (κ3) is 1.28. The summed E-state index contributed by atoms with van der Waals surface area (Å²) in [6, 6.07) is 0. The highest BCUT2D eigenvalue weighted by atomic mass is 14.9. The predicted octanol–water partition coefficient (Wildman–Crippen LogP) is 2.42. The lowest BCUT2D eigenvalue weighted by atomic mass is 9.70. The lowest BCUT2D eigenvalue weighted by Crippen LogP contribution is -2.42. The SMILES string of the molecule is CC1CCC2(CCNCC2C)C1.